The average molecular weight is 279 g/mol. The van der Waals surface area contributed by atoms with E-state index in [1.54, 1.807) is 29.2 Å². The first kappa shape index (κ1) is 16.0. The summed E-state index contributed by atoms with van der Waals surface area (Å²) in [5, 5.41) is 8.58. The standard InChI is InChI=1S/C15H21NO4/c1-3-8-16(9-4-2)15(19)12-6-5-7-13(10-12)20-11-14(17)18/h5-7,10H,3-4,8-9,11H2,1-2H3,(H,17,18). The topological polar surface area (TPSA) is 66.8 Å². The molecule has 5 heteroatoms. The highest BCUT2D eigenvalue weighted by Gasteiger charge is 2.14. The molecule has 0 radical (unpaired) electrons. The number of carbonyl (C=O) groups is 2. The largest absolute Gasteiger partial charge is 0.482 e. The lowest BCUT2D eigenvalue weighted by Crippen LogP contribution is -2.32. The molecule has 0 aromatic heterocycles. The molecule has 1 aromatic carbocycles. The van der Waals surface area contributed by atoms with Crippen LogP contribution in [0, 0.1) is 0 Å². The zero-order valence-electron chi connectivity index (χ0n) is 12.0. The summed E-state index contributed by atoms with van der Waals surface area (Å²) in [4.78, 5) is 24.6. The maximum atomic E-state index is 12.4. The summed E-state index contributed by atoms with van der Waals surface area (Å²) in [5.74, 6) is -0.694. The second kappa shape index (κ2) is 8.19. The summed E-state index contributed by atoms with van der Waals surface area (Å²) in [6.45, 7) is 5.08. The van der Waals surface area contributed by atoms with Gasteiger partial charge in [0.05, 0.1) is 0 Å². The SMILES string of the molecule is CCCN(CCC)C(=O)c1cccc(OCC(=O)O)c1. The Bertz CT molecular complexity index is 453. The van der Waals surface area contributed by atoms with Crippen molar-refractivity contribution in [1.82, 2.24) is 4.90 Å². The third-order valence-electron chi connectivity index (χ3n) is 2.72. The van der Waals surface area contributed by atoms with E-state index in [-0.39, 0.29) is 5.91 Å². The molecule has 0 bridgehead atoms. The fourth-order valence-electron chi connectivity index (χ4n) is 1.90. The van der Waals surface area contributed by atoms with Crippen molar-refractivity contribution in [3.8, 4) is 5.75 Å². The van der Waals surface area contributed by atoms with Gasteiger partial charge in [-0.05, 0) is 31.0 Å². The van der Waals surface area contributed by atoms with Gasteiger partial charge in [0, 0.05) is 18.7 Å². The Balaban J connectivity index is 2.80. The van der Waals surface area contributed by atoms with Crippen LogP contribution >= 0.6 is 0 Å². The summed E-state index contributed by atoms with van der Waals surface area (Å²) in [6, 6.07) is 6.64. The molecule has 0 unspecified atom stereocenters. The van der Waals surface area contributed by atoms with E-state index in [2.05, 4.69) is 0 Å². The second-order valence-electron chi connectivity index (χ2n) is 4.50. The van der Waals surface area contributed by atoms with Crippen molar-refractivity contribution >= 4 is 11.9 Å². The van der Waals surface area contributed by atoms with Crippen LogP contribution in [0.25, 0.3) is 0 Å². The molecule has 1 rings (SSSR count). The van der Waals surface area contributed by atoms with Crippen LogP contribution in [-0.4, -0.2) is 41.6 Å². The van der Waals surface area contributed by atoms with Crippen LogP contribution < -0.4 is 4.74 Å². The molecular weight excluding hydrogens is 258 g/mol. The summed E-state index contributed by atoms with van der Waals surface area (Å²) in [5.41, 5.74) is 0.523. The summed E-state index contributed by atoms with van der Waals surface area (Å²) >= 11 is 0. The van der Waals surface area contributed by atoms with Gasteiger partial charge in [0.2, 0.25) is 0 Å². The van der Waals surface area contributed by atoms with Gasteiger partial charge in [-0.1, -0.05) is 19.9 Å². The van der Waals surface area contributed by atoms with Gasteiger partial charge in [0.15, 0.2) is 6.61 Å². The monoisotopic (exact) mass is 279 g/mol. The zero-order chi connectivity index (χ0) is 15.0. The minimum atomic E-state index is -1.04. The molecule has 0 spiro atoms. The van der Waals surface area contributed by atoms with E-state index in [0.29, 0.717) is 24.4 Å². The number of amides is 1. The molecule has 110 valence electrons. The molecule has 0 atom stereocenters. The molecule has 0 aliphatic carbocycles. The Morgan fingerprint density at radius 1 is 1.20 bits per heavy atom. The minimum Gasteiger partial charge on any atom is -0.482 e. The molecule has 5 nitrogen and oxygen atoms in total. The Hall–Kier alpha value is -2.04. The molecule has 1 aromatic rings. The number of carboxylic acids is 1. The number of hydrogen-bond donors (Lipinski definition) is 1. The van der Waals surface area contributed by atoms with E-state index < -0.39 is 12.6 Å². The van der Waals surface area contributed by atoms with Crippen LogP contribution in [0.4, 0.5) is 0 Å². The van der Waals surface area contributed by atoms with Crippen LogP contribution in [0.3, 0.4) is 0 Å². The highest BCUT2D eigenvalue weighted by molar-refractivity contribution is 5.94. The first-order valence-corrected chi connectivity index (χ1v) is 6.82. The molecule has 0 fully saturated rings. The third-order valence-corrected chi connectivity index (χ3v) is 2.72. The summed E-state index contributed by atoms with van der Waals surface area (Å²) < 4.78 is 5.09. The maximum absolute atomic E-state index is 12.4. The molecule has 1 amide bonds. The number of hydrogen-bond acceptors (Lipinski definition) is 3. The lowest BCUT2D eigenvalue weighted by Gasteiger charge is -2.21. The van der Waals surface area contributed by atoms with Crippen LogP contribution in [0.15, 0.2) is 24.3 Å². The first-order chi connectivity index (χ1) is 9.58. The van der Waals surface area contributed by atoms with Gasteiger partial charge in [0.1, 0.15) is 5.75 Å². The molecule has 0 heterocycles. The van der Waals surface area contributed by atoms with Crippen LogP contribution in [0.1, 0.15) is 37.0 Å². The molecule has 0 aliphatic rings. The number of ether oxygens (including phenoxy) is 1. The van der Waals surface area contributed by atoms with Crippen LogP contribution in [-0.2, 0) is 4.79 Å². The molecule has 0 saturated heterocycles. The number of benzene rings is 1. The van der Waals surface area contributed by atoms with Gasteiger partial charge >= 0.3 is 5.97 Å². The van der Waals surface area contributed by atoms with E-state index in [4.69, 9.17) is 9.84 Å². The fraction of sp³-hybridized carbons (Fsp3) is 0.467. The van der Waals surface area contributed by atoms with E-state index >= 15 is 0 Å². The summed E-state index contributed by atoms with van der Waals surface area (Å²) in [7, 11) is 0. The van der Waals surface area contributed by atoms with E-state index in [0.717, 1.165) is 12.8 Å². The van der Waals surface area contributed by atoms with Crippen molar-refractivity contribution in [3.05, 3.63) is 29.8 Å². The number of nitrogens with zero attached hydrogens (tertiary/aromatic N) is 1. The molecule has 0 saturated carbocycles. The van der Waals surface area contributed by atoms with Gasteiger partial charge in [-0.25, -0.2) is 4.79 Å². The molecule has 0 aliphatic heterocycles. The van der Waals surface area contributed by atoms with Gasteiger partial charge < -0.3 is 14.7 Å². The quantitative estimate of drug-likeness (QED) is 0.793. The van der Waals surface area contributed by atoms with Crippen molar-refractivity contribution < 1.29 is 19.4 Å². The van der Waals surface area contributed by atoms with Gasteiger partial charge in [-0.15, -0.1) is 0 Å². The Morgan fingerprint density at radius 3 is 2.40 bits per heavy atom. The van der Waals surface area contributed by atoms with E-state index in [1.807, 2.05) is 13.8 Å². The normalized spacial score (nSPS) is 10.1. The molecular formula is C15H21NO4. The van der Waals surface area contributed by atoms with Crippen molar-refractivity contribution in [2.45, 2.75) is 26.7 Å². The van der Waals surface area contributed by atoms with Gasteiger partial charge in [-0.2, -0.15) is 0 Å². The van der Waals surface area contributed by atoms with E-state index in [1.165, 1.54) is 0 Å². The Labute approximate surface area is 119 Å². The average Bonchev–Trinajstić information content (AvgIpc) is 2.44. The smallest absolute Gasteiger partial charge is 0.341 e. The lowest BCUT2D eigenvalue weighted by molar-refractivity contribution is -0.139. The molecule has 20 heavy (non-hydrogen) atoms. The molecule has 1 N–H and O–H groups in total. The Morgan fingerprint density at radius 2 is 1.85 bits per heavy atom. The second-order valence-corrected chi connectivity index (χ2v) is 4.50. The van der Waals surface area contributed by atoms with Crippen LogP contribution in [0.2, 0.25) is 0 Å². The fourth-order valence-corrected chi connectivity index (χ4v) is 1.90. The number of aliphatic carboxylic acids is 1. The van der Waals surface area contributed by atoms with Gasteiger partial charge in [-0.3, -0.25) is 4.79 Å². The highest BCUT2D eigenvalue weighted by atomic mass is 16.5. The number of carbonyl (C=O) groups excluding carboxylic acids is 1. The number of rotatable bonds is 8. The zero-order valence-corrected chi connectivity index (χ0v) is 12.0. The van der Waals surface area contributed by atoms with E-state index in [9.17, 15) is 9.59 Å². The van der Waals surface area contributed by atoms with Crippen molar-refractivity contribution in [3.63, 3.8) is 0 Å². The Kier molecular flexibility index (Phi) is 6.56. The lowest BCUT2D eigenvalue weighted by atomic mass is 10.1. The summed E-state index contributed by atoms with van der Waals surface area (Å²) in [6.07, 6.45) is 1.81. The number of carboxylic acid groups (broad SMARTS) is 1. The highest BCUT2D eigenvalue weighted by Crippen LogP contribution is 2.15. The van der Waals surface area contributed by atoms with Crippen LogP contribution in [0.5, 0.6) is 5.75 Å². The first-order valence-electron chi connectivity index (χ1n) is 6.82. The predicted octanol–water partition coefficient (Wildman–Crippen LogP) is 2.41. The van der Waals surface area contributed by atoms with Crippen molar-refractivity contribution in [2.75, 3.05) is 19.7 Å². The maximum Gasteiger partial charge on any atom is 0.341 e. The predicted molar refractivity (Wildman–Crippen MR) is 76.1 cm³/mol. The van der Waals surface area contributed by atoms with Crippen molar-refractivity contribution in [2.24, 2.45) is 0 Å². The van der Waals surface area contributed by atoms with Gasteiger partial charge in [0.25, 0.3) is 5.91 Å². The van der Waals surface area contributed by atoms with Crippen molar-refractivity contribution in [1.29, 1.82) is 0 Å². The third kappa shape index (κ3) is 4.91. The minimum absolute atomic E-state index is 0.0468.